The predicted octanol–water partition coefficient (Wildman–Crippen LogP) is 4.77. The average molecular weight is 415 g/mol. The summed E-state index contributed by atoms with van der Waals surface area (Å²) >= 11 is 6.23. The summed E-state index contributed by atoms with van der Waals surface area (Å²) in [6.45, 7) is 8.90. The smallest absolute Gasteiger partial charge is 0.242 e. The lowest BCUT2D eigenvalue weighted by atomic mass is 10.1. The molecule has 1 unspecified atom stereocenters. The summed E-state index contributed by atoms with van der Waals surface area (Å²) in [7, 11) is 0. The van der Waals surface area contributed by atoms with Crippen LogP contribution in [0, 0.1) is 12.8 Å². The monoisotopic (exact) mass is 414 g/mol. The maximum atomic E-state index is 13.1. The van der Waals surface area contributed by atoms with Crippen molar-refractivity contribution in [1.29, 1.82) is 0 Å². The van der Waals surface area contributed by atoms with Gasteiger partial charge in [0.25, 0.3) is 0 Å². The van der Waals surface area contributed by atoms with E-state index in [0.717, 1.165) is 16.7 Å². The lowest BCUT2D eigenvalue weighted by molar-refractivity contribution is -0.140. The normalized spacial score (nSPS) is 11.9. The van der Waals surface area contributed by atoms with Gasteiger partial charge in [-0.1, -0.05) is 73.5 Å². The van der Waals surface area contributed by atoms with Crippen molar-refractivity contribution in [3.8, 4) is 0 Å². The molecule has 4 nitrogen and oxygen atoms in total. The third-order valence-corrected chi connectivity index (χ3v) is 5.26. The summed E-state index contributed by atoms with van der Waals surface area (Å²) in [6, 6.07) is 15.0. The lowest BCUT2D eigenvalue weighted by Crippen LogP contribution is -2.48. The highest BCUT2D eigenvalue weighted by atomic mass is 35.5. The van der Waals surface area contributed by atoms with Crippen LogP contribution in [0.5, 0.6) is 0 Å². The van der Waals surface area contributed by atoms with Crippen LogP contribution in [0.4, 0.5) is 0 Å². The van der Waals surface area contributed by atoms with Crippen molar-refractivity contribution in [2.24, 2.45) is 5.92 Å². The van der Waals surface area contributed by atoms with E-state index in [1.165, 1.54) is 0 Å². The van der Waals surface area contributed by atoms with Crippen LogP contribution >= 0.6 is 11.6 Å². The van der Waals surface area contributed by atoms with Crippen molar-refractivity contribution in [2.45, 2.75) is 53.1 Å². The first-order valence-electron chi connectivity index (χ1n) is 10.1. The molecule has 0 aromatic heterocycles. The molecular weight excluding hydrogens is 384 g/mol. The minimum atomic E-state index is -0.547. The predicted molar refractivity (Wildman–Crippen MR) is 119 cm³/mol. The number of hydrogen-bond acceptors (Lipinski definition) is 2. The number of carbonyl (C=O) groups excluding carboxylic acids is 2. The number of halogens is 1. The van der Waals surface area contributed by atoms with E-state index in [2.05, 4.69) is 5.32 Å². The summed E-state index contributed by atoms with van der Waals surface area (Å²) in [5.74, 6) is 0.169. The van der Waals surface area contributed by atoms with Crippen LogP contribution in [0.25, 0.3) is 0 Å². The molecule has 2 aromatic carbocycles. The van der Waals surface area contributed by atoms with Crippen LogP contribution in [0.2, 0.25) is 5.02 Å². The maximum absolute atomic E-state index is 13.1. The molecule has 0 saturated carbocycles. The minimum Gasteiger partial charge on any atom is -0.354 e. The van der Waals surface area contributed by atoms with Gasteiger partial charge in [-0.15, -0.1) is 0 Å². The van der Waals surface area contributed by atoms with Crippen molar-refractivity contribution in [3.63, 3.8) is 0 Å². The number of hydrogen-bond donors (Lipinski definition) is 1. The summed E-state index contributed by atoms with van der Waals surface area (Å²) < 4.78 is 0. The zero-order valence-corrected chi connectivity index (χ0v) is 18.5. The van der Waals surface area contributed by atoms with Gasteiger partial charge in [0, 0.05) is 24.5 Å². The Bertz CT molecular complexity index is 818. The number of rotatable bonds is 9. The van der Waals surface area contributed by atoms with E-state index in [-0.39, 0.29) is 11.8 Å². The van der Waals surface area contributed by atoms with Crippen molar-refractivity contribution in [1.82, 2.24) is 10.2 Å². The number of amides is 2. The standard InChI is InChI=1S/C24H31ClN2O2/c1-17(2)15-26-24(29)19(4)27(16-20-11-9-18(3)10-12-20)23(28)14-13-21-7-5-6-8-22(21)25/h5-12,17,19H,13-16H2,1-4H3,(H,26,29). The summed E-state index contributed by atoms with van der Waals surface area (Å²) in [5.41, 5.74) is 3.10. The van der Waals surface area contributed by atoms with Gasteiger partial charge in [0.2, 0.25) is 11.8 Å². The molecule has 0 spiro atoms. The third kappa shape index (κ3) is 7.21. The molecule has 0 aliphatic carbocycles. The Morgan fingerprint density at radius 1 is 1.03 bits per heavy atom. The number of carbonyl (C=O) groups is 2. The Morgan fingerprint density at radius 3 is 2.31 bits per heavy atom. The van der Waals surface area contributed by atoms with E-state index in [4.69, 9.17) is 11.6 Å². The fraction of sp³-hybridized carbons (Fsp3) is 0.417. The second-order valence-corrected chi connectivity index (χ2v) is 8.32. The topological polar surface area (TPSA) is 49.4 Å². The molecule has 0 aliphatic heterocycles. The van der Waals surface area contributed by atoms with Crippen molar-refractivity contribution in [2.75, 3.05) is 6.54 Å². The van der Waals surface area contributed by atoms with Crippen LogP contribution in [-0.2, 0) is 22.6 Å². The van der Waals surface area contributed by atoms with Gasteiger partial charge in [-0.25, -0.2) is 0 Å². The number of aryl methyl sites for hydroxylation is 2. The second-order valence-electron chi connectivity index (χ2n) is 7.91. The zero-order valence-electron chi connectivity index (χ0n) is 17.7. The van der Waals surface area contributed by atoms with Crippen molar-refractivity contribution in [3.05, 3.63) is 70.2 Å². The summed E-state index contributed by atoms with van der Waals surface area (Å²) in [4.78, 5) is 27.4. The largest absolute Gasteiger partial charge is 0.354 e. The minimum absolute atomic E-state index is 0.0577. The highest BCUT2D eigenvalue weighted by Crippen LogP contribution is 2.18. The average Bonchev–Trinajstić information content (AvgIpc) is 2.70. The first-order chi connectivity index (χ1) is 13.8. The maximum Gasteiger partial charge on any atom is 0.242 e. The van der Waals surface area contributed by atoms with Gasteiger partial charge in [0.15, 0.2) is 0 Å². The molecule has 5 heteroatoms. The van der Waals surface area contributed by atoms with E-state index in [1.807, 2.05) is 69.3 Å². The Morgan fingerprint density at radius 2 is 1.69 bits per heavy atom. The van der Waals surface area contributed by atoms with Gasteiger partial charge in [0.05, 0.1) is 0 Å². The first kappa shape index (κ1) is 23.0. The fourth-order valence-corrected chi connectivity index (χ4v) is 3.24. The number of benzene rings is 2. The van der Waals surface area contributed by atoms with E-state index in [0.29, 0.717) is 36.9 Å². The lowest BCUT2D eigenvalue weighted by Gasteiger charge is -2.29. The molecule has 2 amide bonds. The van der Waals surface area contributed by atoms with Gasteiger partial charge in [0.1, 0.15) is 6.04 Å². The Hall–Kier alpha value is -2.33. The molecule has 1 atom stereocenters. The Balaban J connectivity index is 2.13. The number of nitrogens with zero attached hydrogens (tertiary/aromatic N) is 1. The fourth-order valence-electron chi connectivity index (χ4n) is 3.01. The van der Waals surface area contributed by atoms with Crippen LogP contribution in [0.3, 0.4) is 0 Å². The van der Waals surface area contributed by atoms with Gasteiger partial charge in [-0.2, -0.15) is 0 Å². The molecule has 1 N–H and O–H groups in total. The van der Waals surface area contributed by atoms with Crippen LogP contribution < -0.4 is 5.32 Å². The summed E-state index contributed by atoms with van der Waals surface area (Å²) in [6.07, 6.45) is 0.848. The molecule has 156 valence electrons. The molecule has 0 fully saturated rings. The highest BCUT2D eigenvalue weighted by Gasteiger charge is 2.26. The van der Waals surface area contributed by atoms with Crippen LogP contribution in [0.1, 0.15) is 43.9 Å². The molecule has 2 rings (SSSR count). The van der Waals surface area contributed by atoms with Crippen molar-refractivity contribution >= 4 is 23.4 Å². The van der Waals surface area contributed by atoms with Gasteiger partial charge >= 0.3 is 0 Å². The van der Waals surface area contributed by atoms with E-state index in [1.54, 1.807) is 11.8 Å². The highest BCUT2D eigenvalue weighted by molar-refractivity contribution is 6.31. The van der Waals surface area contributed by atoms with E-state index in [9.17, 15) is 9.59 Å². The zero-order chi connectivity index (χ0) is 21.4. The molecule has 0 heterocycles. The number of nitrogens with one attached hydrogen (secondary N) is 1. The molecular formula is C24H31ClN2O2. The van der Waals surface area contributed by atoms with Crippen molar-refractivity contribution < 1.29 is 9.59 Å². The van der Waals surface area contributed by atoms with E-state index >= 15 is 0 Å². The Kier molecular flexibility index (Phi) is 8.71. The molecule has 29 heavy (non-hydrogen) atoms. The molecule has 0 saturated heterocycles. The van der Waals surface area contributed by atoms with Gasteiger partial charge in [-0.05, 0) is 43.4 Å². The quantitative estimate of drug-likeness (QED) is 0.642. The third-order valence-electron chi connectivity index (χ3n) is 4.89. The van der Waals surface area contributed by atoms with E-state index < -0.39 is 6.04 Å². The SMILES string of the molecule is Cc1ccc(CN(C(=O)CCc2ccccc2Cl)C(C)C(=O)NCC(C)C)cc1. The molecule has 0 bridgehead atoms. The van der Waals surface area contributed by atoms with Crippen LogP contribution in [0.15, 0.2) is 48.5 Å². The van der Waals surface area contributed by atoms with Gasteiger partial charge in [-0.3, -0.25) is 9.59 Å². The summed E-state index contributed by atoms with van der Waals surface area (Å²) in [5, 5.41) is 3.60. The first-order valence-corrected chi connectivity index (χ1v) is 10.5. The Labute approximate surface area is 179 Å². The van der Waals surface area contributed by atoms with Crippen LogP contribution in [-0.4, -0.2) is 29.3 Å². The molecule has 2 aromatic rings. The van der Waals surface area contributed by atoms with Gasteiger partial charge < -0.3 is 10.2 Å². The molecule has 0 radical (unpaired) electrons. The second kappa shape index (κ2) is 11.0. The molecule has 0 aliphatic rings.